The number of hydrogen-bond acceptors (Lipinski definition) is 6. The van der Waals surface area contributed by atoms with Gasteiger partial charge in [-0.25, -0.2) is 0 Å². The molecule has 2 N–H and O–H groups in total. The smallest absolute Gasteiger partial charge is 0.322 e. The third-order valence-electron chi connectivity index (χ3n) is 3.90. The Balaban J connectivity index is 2.72. The molecule has 0 aliphatic heterocycles. The molecule has 0 spiro atoms. The van der Waals surface area contributed by atoms with Crippen molar-refractivity contribution < 1.29 is 19.5 Å². The summed E-state index contributed by atoms with van der Waals surface area (Å²) in [6.45, 7) is 3.09. The van der Waals surface area contributed by atoms with Gasteiger partial charge in [-0.3, -0.25) is 14.4 Å². The number of nitroso groups, excluding NO2 is 1. The van der Waals surface area contributed by atoms with Gasteiger partial charge >= 0.3 is 5.97 Å². The monoisotopic (exact) mass is 361 g/mol. The Bertz CT molecular complexity index is 901. The van der Waals surface area contributed by atoms with Gasteiger partial charge in [0.25, 0.3) is 11.5 Å². The Labute approximate surface area is 148 Å². The number of aromatic nitrogens is 1. The second-order valence-electron chi connectivity index (χ2n) is 5.55. The molecule has 26 heavy (non-hydrogen) atoms. The van der Waals surface area contributed by atoms with Crippen molar-refractivity contribution in [3.05, 3.63) is 45.1 Å². The Morgan fingerprint density at radius 3 is 2.50 bits per heavy atom. The van der Waals surface area contributed by atoms with Crippen LogP contribution in [-0.4, -0.2) is 34.4 Å². The zero-order valence-electron chi connectivity index (χ0n) is 14.4. The normalized spacial score (nSPS) is 10.7. The molecule has 1 aromatic carbocycles. The van der Waals surface area contributed by atoms with Crippen molar-refractivity contribution >= 4 is 28.5 Å². The van der Waals surface area contributed by atoms with Gasteiger partial charge in [0.1, 0.15) is 23.9 Å². The van der Waals surface area contributed by atoms with Crippen LogP contribution in [0.2, 0.25) is 0 Å². The van der Waals surface area contributed by atoms with E-state index in [9.17, 15) is 19.3 Å². The van der Waals surface area contributed by atoms with Crippen LogP contribution in [0.3, 0.4) is 0 Å². The van der Waals surface area contributed by atoms with E-state index in [0.29, 0.717) is 18.4 Å². The third kappa shape index (κ3) is 3.71. The fourth-order valence-corrected chi connectivity index (χ4v) is 2.53. The molecule has 0 unspecified atom stereocenters. The lowest BCUT2D eigenvalue weighted by Gasteiger charge is -2.20. The maximum absolute atomic E-state index is 12.8. The average Bonchev–Trinajstić information content (AvgIpc) is 2.64. The standard InChI is InChI=1S/C17H19N3O6/c1-3-10(4-2)26-20-12-8-6-5-7-11(12)15(19-25)14(17(20)24)16(23)18-9-13(21)22/h5-8,10H,3-4,9H2,1-2H3,(H,18,23)(H,21,22). The van der Waals surface area contributed by atoms with Crippen LogP contribution in [-0.2, 0) is 4.79 Å². The number of fused-ring (bicyclic) bond motifs is 1. The van der Waals surface area contributed by atoms with Crippen molar-refractivity contribution in [3.63, 3.8) is 0 Å². The average molecular weight is 361 g/mol. The number of carbonyl (C=O) groups is 2. The van der Waals surface area contributed by atoms with Gasteiger partial charge in [-0.1, -0.05) is 32.0 Å². The molecule has 9 heteroatoms. The van der Waals surface area contributed by atoms with Gasteiger partial charge in [-0.15, -0.1) is 9.64 Å². The zero-order chi connectivity index (χ0) is 19.3. The largest absolute Gasteiger partial charge is 0.480 e. The van der Waals surface area contributed by atoms with Crippen LogP contribution >= 0.6 is 0 Å². The number of benzene rings is 1. The van der Waals surface area contributed by atoms with E-state index in [2.05, 4.69) is 10.5 Å². The van der Waals surface area contributed by atoms with Crippen molar-refractivity contribution in [3.8, 4) is 0 Å². The summed E-state index contributed by atoms with van der Waals surface area (Å²) in [5, 5.41) is 13.9. The number of nitrogens with one attached hydrogen (secondary N) is 1. The molecule has 1 amide bonds. The van der Waals surface area contributed by atoms with Crippen LogP contribution in [0.25, 0.3) is 10.9 Å². The number of aliphatic carboxylic acids is 1. The second-order valence-corrected chi connectivity index (χ2v) is 5.55. The lowest BCUT2D eigenvalue weighted by molar-refractivity contribution is -0.135. The van der Waals surface area contributed by atoms with Gasteiger partial charge < -0.3 is 15.3 Å². The van der Waals surface area contributed by atoms with E-state index in [-0.39, 0.29) is 17.2 Å². The van der Waals surface area contributed by atoms with Gasteiger partial charge in [0.15, 0.2) is 0 Å². The van der Waals surface area contributed by atoms with E-state index in [1.54, 1.807) is 18.2 Å². The molecule has 0 saturated heterocycles. The van der Waals surface area contributed by atoms with Gasteiger partial charge in [-0.2, -0.15) is 0 Å². The van der Waals surface area contributed by atoms with Crippen LogP contribution in [0.1, 0.15) is 37.0 Å². The molecule has 9 nitrogen and oxygen atoms in total. The number of amides is 1. The SMILES string of the molecule is CCC(CC)On1c(=O)c(C(=O)NCC(=O)O)c(N=O)c2ccccc21. The molecule has 2 aromatic rings. The van der Waals surface area contributed by atoms with Crippen molar-refractivity contribution in [2.24, 2.45) is 5.18 Å². The van der Waals surface area contributed by atoms with Crippen LogP contribution in [0.5, 0.6) is 0 Å². The number of nitrogens with zero attached hydrogens (tertiary/aromatic N) is 2. The summed E-state index contributed by atoms with van der Waals surface area (Å²) in [4.78, 5) is 52.9. The van der Waals surface area contributed by atoms with E-state index in [1.807, 2.05) is 13.8 Å². The Morgan fingerprint density at radius 2 is 1.92 bits per heavy atom. The quantitative estimate of drug-likeness (QED) is 0.691. The molecule has 1 aromatic heterocycles. The van der Waals surface area contributed by atoms with E-state index in [0.717, 1.165) is 4.73 Å². The highest BCUT2D eigenvalue weighted by Crippen LogP contribution is 2.27. The highest BCUT2D eigenvalue weighted by atomic mass is 16.7. The lowest BCUT2D eigenvalue weighted by atomic mass is 10.1. The second kappa shape index (κ2) is 8.24. The Kier molecular flexibility index (Phi) is 6.05. The third-order valence-corrected chi connectivity index (χ3v) is 3.90. The first-order chi connectivity index (χ1) is 12.4. The van der Waals surface area contributed by atoms with Crippen LogP contribution in [0.4, 0.5) is 5.69 Å². The summed E-state index contributed by atoms with van der Waals surface area (Å²) >= 11 is 0. The molecular weight excluding hydrogens is 342 g/mol. The molecule has 0 radical (unpaired) electrons. The number of pyridine rings is 1. The first-order valence-electron chi connectivity index (χ1n) is 8.12. The number of rotatable bonds is 8. The Morgan fingerprint density at radius 1 is 1.27 bits per heavy atom. The summed E-state index contributed by atoms with van der Waals surface area (Å²) in [7, 11) is 0. The highest BCUT2D eigenvalue weighted by molar-refractivity contribution is 6.06. The van der Waals surface area contributed by atoms with Crippen molar-refractivity contribution in [2.45, 2.75) is 32.8 Å². The molecule has 1 heterocycles. The zero-order valence-corrected chi connectivity index (χ0v) is 14.4. The predicted octanol–water partition coefficient (Wildman–Crippen LogP) is 1.83. The van der Waals surface area contributed by atoms with Crippen LogP contribution in [0.15, 0.2) is 34.2 Å². The number of hydrogen-bond donors (Lipinski definition) is 2. The number of carboxylic acids is 1. The summed E-state index contributed by atoms with van der Waals surface area (Å²) in [5.41, 5.74) is -1.47. The fraction of sp³-hybridized carbons (Fsp3) is 0.353. The first-order valence-corrected chi connectivity index (χ1v) is 8.12. The van der Waals surface area contributed by atoms with Gasteiger partial charge in [0.05, 0.1) is 5.52 Å². The topological polar surface area (TPSA) is 127 Å². The van der Waals surface area contributed by atoms with Crippen LogP contribution in [0, 0.1) is 4.91 Å². The molecule has 0 fully saturated rings. The first kappa shape index (κ1) is 19.1. The van der Waals surface area contributed by atoms with Gasteiger partial charge in [-0.05, 0) is 24.1 Å². The summed E-state index contributed by atoms with van der Waals surface area (Å²) in [6.07, 6.45) is 0.984. The summed E-state index contributed by atoms with van der Waals surface area (Å²) in [6, 6.07) is 6.40. The predicted molar refractivity (Wildman–Crippen MR) is 94.6 cm³/mol. The van der Waals surface area contributed by atoms with E-state index < -0.39 is 29.5 Å². The maximum Gasteiger partial charge on any atom is 0.322 e. The summed E-state index contributed by atoms with van der Waals surface area (Å²) < 4.78 is 0.970. The Hall–Kier alpha value is -3.23. The van der Waals surface area contributed by atoms with Gasteiger partial charge in [0.2, 0.25) is 0 Å². The molecule has 2 rings (SSSR count). The lowest BCUT2D eigenvalue weighted by Crippen LogP contribution is -2.39. The van der Waals surface area contributed by atoms with Crippen molar-refractivity contribution in [2.75, 3.05) is 6.54 Å². The molecule has 138 valence electrons. The molecular formula is C17H19N3O6. The number of carbonyl (C=O) groups excluding carboxylic acids is 1. The minimum atomic E-state index is -1.28. The molecule has 0 atom stereocenters. The molecule has 0 aliphatic rings. The maximum atomic E-state index is 12.8. The van der Waals surface area contributed by atoms with Gasteiger partial charge in [0, 0.05) is 5.39 Å². The molecule has 0 saturated carbocycles. The highest BCUT2D eigenvalue weighted by Gasteiger charge is 2.25. The number of carboxylic acid groups (broad SMARTS) is 1. The van der Waals surface area contributed by atoms with Crippen molar-refractivity contribution in [1.29, 1.82) is 0 Å². The fourth-order valence-electron chi connectivity index (χ4n) is 2.53. The molecule has 0 aliphatic carbocycles. The minimum absolute atomic E-state index is 0.258. The van der Waals surface area contributed by atoms with Crippen molar-refractivity contribution in [1.82, 2.24) is 10.0 Å². The van der Waals surface area contributed by atoms with E-state index in [1.165, 1.54) is 6.07 Å². The molecule has 0 bridgehead atoms. The van der Waals surface area contributed by atoms with Crippen LogP contribution < -0.4 is 15.7 Å². The van der Waals surface area contributed by atoms with E-state index >= 15 is 0 Å². The summed E-state index contributed by atoms with van der Waals surface area (Å²) in [5.74, 6) is -2.28. The van der Waals surface area contributed by atoms with E-state index in [4.69, 9.17) is 9.94 Å². The number of para-hydroxylation sites is 1. The minimum Gasteiger partial charge on any atom is -0.480 e.